The number of carbonyl (C=O) groups is 9. The molecular formula is C76H103N9O16. The molecule has 0 radical (unpaired) electrons. The number of aliphatic hydroxyl groups is 1. The minimum Gasteiger partial charge on any atom is -0.444 e. The third kappa shape index (κ3) is 16.2. The van der Waals surface area contributed by atoms with Crippen molar-refractivity contribution in [3.05, 3.63) is 82.0 Å². The van der Waals surface area contributed by atoms with Crippen LogP contribution in [0.3, 0.4) is 0 Å². The molecule has 5 heterocycles. The van der Waals surface area contributed by atoms with E-state index in [2.05, 4.69) is 51.6 Å². The van der Waals surface area contributed by atoms with Crippen molar-refractivity contribution in [3.8, 4) is 11.8 Å². The van der Waals surface area contributed by atoms with E-state index in [9.17, 15) is 43.5 Å². The molecule has 0 bridgehead atoms. The van der Waals surface area contributed by atoms with Gasteiger partial charge >= 0.3 is 12.2 Å². The summed E-state index contributed by atoms with van der Waals surface area (Å²) < 4.78 is 35.4. The van der Waals surface area contributed by atoms with Crippen molar-refractivity contribution >= 4 is 64.8 Å². The lowest BCUT2D eigenvalue weighted by molar-refractivity contribution is -0.245. The van der Waals surface area contributed by atoms with Crippen LogP contribution in [0.25, 0.3) is 0 Å². The van der Waals surface area contributed by atoms with E-state index in [1.807, 2.05) is 20.0 Å². The molecule has 3 N–H and O–H groups in total. The number of aliphatic hydroxyl groups excluding tert-OH is 1. The molecular weight excluding hydrogens is 1290 g/mol. The fourth-order valence-corrected chi connectivity index (χ4v) is 16.8. The number of piperazine rings is 2. The summed E-state index contributed by atoms with van der Waals surface area (Å²) >= 11 is 0. The molecule has 11 rings (SSSR count). The predicted molar refractivity (Wildman–Crippen MR) is 374 cm³/mol. The van der Waals surface area contributed by atoms with Gasteiger partial charge < -0.3 is 68.2 Å². The Balaban J connectivity index is 0.662. The van der Waals surface area contributed by atoms with Crippen molar-refractivity contribution in [2.24, 2.45) is 17.3 Å². The van der Waals surface area contributed by atoms with Crippen LogP contribution in [0.1, 0.15) is 166 Å². The molecule has 8 amide bonds. The monoisotopic (exact) mass is 1400 g/mol. The maximum atomic E-state index is 15.3. The molecule has 2 aromatic rings. The lowest BCUT2D eigenvalue weighted by Crippen LogP contribution is -2.68. The Labute approximate surface area is 593 Å². The number of fused-ring (bicyclic) bond motifs is 4. The molecule has 0 aromatic heterocycles. The third-order valence-electron chi connectivity index (χ3n) is 21.7. The molecule has 2 saturated carbocycles. The van der Waals surface area contributed by atoms with Crippen LogP contribution in [0.2, 0.25) is 0 Å². The average Bonchev–Trinajstić information content (AvgIpc) is 1.58. The summed E-state index contributed by atoms with van der Waals surface area (Å²) in [6.07, 6.45) is 7.50. The Hall–Kier alpha value is -7.89. The first-order valence-electron chi connectivity index (χ1n) is 36.3. The second-order valence-corrected chi connectivity index (χ2v) is 30.4. The van der Waals surface area contributed by atoms with Crippen molar-refractivity contribution in [1.29, 1.82) is 0 Å². The molecule has 9 atom stereocenters. The number of nitrogens with one attached hydrogen (secondary N) is 2. The van der Waals surface area contributed by atoms with Gasteiger partial charge in [0, 0.05) is 126 Å². The largest absolute Gasteiger partial charge is 0.444 e. The first-order chi connectivity index (χ1) is 48.2. The Morgan fingerprint density at radius 3 is 2.07 bits per heavy atom. The zero-order valence-electron chi connectivity index (χ0n) is 60.4. The predicted octanol–water partition coefficient (Wildman–Crippen LogP) is 7.12. The Morgan fingerprint density at radius 2 is 1.42 bits per heavy atom. The highest BCUT2D eigenvalue weighted by atomic mass is 16.6. The van der Waals surface area contributed by atoms with Crippen molar-refractivity contribution in [2.75, 3.05) is 129 Å². The number of piperidine rings is 1. The van der Waals surface area contributed by atoms with E-state index >= 15 is 4.79 Å². The number of anilines is 2. The summed E-state index contributed by atoms with van der Waals surface area (Å²) in [6, 6.07) is 10.6. The van der Waals surface area contributed by atoms with Crippen molar-refractivity contribution < 1.29 is 76.7 Å². The number of imide groups is 1. The zero-order chi connectivity index (χ0) is 72.1. The van der Waals surface area contributed by atoms with Gasteiger partial charge in [-0.2, -0.15) is 0 Å². The first kappa shape index (κ1) is 74.3. The highest BCUT2D eigenvalue weighted by Gasteiger charge is 2.71. The number of likely N-dealkylation sites (N-methyl/N-ethyl adjacent to an activating group) is 1. The molecule has 101 heavy (non-hydrogen) atoms. The lowest BCUT2D eigenvalue weighted by Gasteiger charge is -2.61. The van der Waals surface area contributed by atoms with E-state index in [1.54, 1.807) is 71.7 Å². The van der Waals surface area contributed by atoms with E-state index < -0.39 is 82.9 Å². The molecule has 25 heteroatoms. The molecule has 5 aliphatic heterocycles. The van der Waals surface area contributed by atoms with Crippen LogP contribution in [0.4, 0.5) is 21.0 Å². The Morgan fingerprint density at radius 1 is 0.752 bits per heavy atom. The number of ketones is 1. The maximum Gasteiger partial charge on any atom is 0.410 e. The van der Waals surface area contributed by atoms with Crippen LogP contribution in [0.5, 0.6) is 0 Å². The van der Waals surface area contributed by atoms with Crippen molar-refractivity contribution in [2.45, 2.75) is 179 Å². The molecule has 25 nitrogen and oxygen atoms in total. The van der Waals surface area contributed by atoms with Crippen LogP contribution in [-0.4, -0.2) is 242 Å². The summed E-state index contributed by atoms with van der Waals surface area (Å²) in [5, 5.41) is 16.7. The first-order valence-corrected chi connectivity index (χ1v) is 36.3. The normalized spacial score (nSPS) is 26.3. The van der Waals surface area contributed by atoms with Gasteiger partial charge in [0.2, 0.25) is 29.5 Å². The summed E-state index contributed by atoms with van der Waals surface area (Å²) in [6.45, 7) is 16.3. The van der Waals surface area contributed by atoms with Gasteiger partial charge in [-0.3, -0.25) is 43.8 Å². The van der Waals surface area contributed by atoms with E-state index in [0.717, 1.165) is 55.7 Å². The highest BCUT2D eigenvalue weighted by Crippen LogP contribution is 2.71. The van der Waals surface area contributed by atoms with Crippen LogP contribution in [0, 0.1) is 29.1 Å². The second-order valence-electron chi connectivity index (χ2n) is 30.4. The third-order valence-corrected chi connectivity index (χ3v) is 21.7. The quantitative estimate of drug-likeness (QED) is 0.0536. The van der Waals surface area contributed by atoms with Gasteiger partial charge in [-0.1, -0.05) is 29.7 Å². The Bertz CT molecular complexity index is 3610. The standard InChI is InChI=1S/C76H103N9O16/c1-10-29-76-30-28-57-54-24-20-50-44-52(86)23-25-53(50)64(54)56(45-75(57,76)48-99-76)49-18-21-51(22-19-49)79(8)32-12-17-63(88)83-36-34-81(71(94)100-73(2,3)4)47-61(83)69(92)84-37-35-82(72(95)101-74(5,6)7)46-60(84)68(91)80(9)33-14-39-97-41-43-98-42-40-96-38-13-31-77-58-16-11-15-55-65(58)70(93)85(67(55)90)59-26-27-62(87)78-66(59)89/h11,15-16,18-19,21-22,44,54,56-57,59-61,70,77,93H,12-14,17,20,23-28,30-43,45-48H2,1-9H3,(H,78,87,89)/t54-,56+,57-,59?,60?,61?,70?,75+,76-/m0/s1. The van der Waals surface area contributed by atoms with Crippen molar-refractivity contribution in [3.63, 3.8) is 0 Å². The molecule has 1 spiro atoms. The summed E-state index contributed by atoms with van der Waals surface area (Å²) in [5.74, 6) is 5.44. The van der Waals surface area contributed by atoms with Gasteiger partial charge in [0.25, 0.3) is 5.91 Å². The molecule has 2 aromatic carbocycles. The van der Waals surface area contributed by atoms with Gasteiger partial charge in [-0.15, -0.1) is 5.92 Å². The number of hydrogen-bond donors (Lipinski definition) is 3. The maximum absolute atomic E-state index is 15.3. The number of rotatable bonds is 24. The van der Waals surface area contributed by atoms with E-state index in [1.165, 1.54) is 41.9 Å². The lowest BCUT2D eigenvalue weighted by atomic mass is 9.49. The van der Waals surface area contributed by atoms with Gasteiger partial charge in [0.1, 0.15) is 34.9 Å². The number of nitrogens with zero attached hydrogens (tertiary/aromatic N) is 7. The van der Waals surface area contributed by atoms with Gasteiger partial charge in [0.05, 0.1) is 46.1 Å². The minimum absolute atomic E-state index is 0.00816. The van der Waals surface area contributed by atoms with Crippen LogP contribution in [-0.2, 0) is 57.2 Å². The smallest absolute Gasteiger partial charge is 0.410 e. The summed E-state index contributed by atoms with van der Waals surface area (Å²) in [7, 11) is 3.65. The van der Waals surface area contributed by atoms with Gasteiger partial charge in [-0.25, -0.2) is 9.59 Å². The topological polar surface area (TPSA) is 276 Å². The molecule has 4 saturated heterocycles. The fourth-order valence-electron chi connectivity index (χ4n) is 16.8. The van der Waals surface area contributed by atoms with Crippen LogP contribution < -0.4 is 15.5 Å². The van der Waals surface area contributed by atoms with Gasteiger partial charge in [0.15, 0.2) is 12.0 Å². The molecule has 6 fully saturated rings. The average molecular weight is 1400 g/mol. The van der Waals surface area contributed by atoms with Crippen molar-refractivity contribution in [1.82, 2.24) is 34.7 Å². The number of hydrogen-bond acceptors (Lipinski definition) is 18. The number of carbonyl (C=O) groups excluding carboxylic acids is 9. The minimum atomic E-state index is -1.34. The SMILES string of the molecule is CC#C[C@]12CC[C@H]3[C@@H]4CCC5=CC(=O)CCC5=C4[C@@H](c4ccc(N(C)CCCC(=O)N5CCN(C(=O)OC(C)(C)C)CC5C(=O)N5CCN(C(=O)OC(C)(C)C)CC5C(=O)N(C)CCCOCCOCCOCCCNc5cccc6c5C(O)N(C5CCC(=O)NC5=O)C6=O)cc4)C[C@@]31CO2. The van der Waals surface area contributed by atoms with Gasteiger partial charge in [-0.05, 0) is 172 Å². The number of allylic oxidation sites excluding steroid dienone is 4. The number of benzene rings is 2. The van der Waals surface area contributed by atoms with Crippen LogP contribution in [0.15, 0.2) is 65.3 Å². The Kier molecular flexibility index (Phi) is 23.1. The fraction of sp³-hybridized carbons (Fsp3) is 0.645. The van der Waals surface area contributed by atoms with E-state index in [-0.39, 0.29) is 94.7 Å². The summed E-state index contributed by atoms with van der Waals surface area (Å²) in [5.41, 5.74) is 5.58. The number of amides is 8. The van der Waals surface area contributed by atoms with E-state index in [0.29, 0.717) is 100 Å². The zero-order valence-corrected chi connectivity index (χ0v) is 60.4. The molecule has 548 valence electrons. The molecule has 4 aliphatic carbocycles. The van der Waals surface area contributed by atoms with Crippen LogP contribution >= 0.6 is 0 Å². The molecule has 9 aliphatic rings. The highest BCUT2D eigenvalue weighted by molar-refractivity contribution is 6.06. The summed E-state index contributed by atoms with van der Waals surface area (Å²) in [4.78, 5) is 133. The second kappa shape index (κ2) is 31.4. The molecule has 4 unspecified atom stereocenters. The number of ether oxygens (including phenoxy) is 6. The van der Waals surface area contributed by atoms with E-state index in [4.69, 9.17) is 28.4 Å².